The summed E-state index contributed by atoms with van der Waals surface area (Å²) in [6, 6.07) is 0. The highest BCUT2D eigenvalue weighted by Gasteiger charge is 2.35. The zero-order valence-corrected chi connectivity index (χ0v) is 8.10. The quantitative estimate of drug-likeness (QED) is 0.723. The number of carboxylic acids is 1. The summed E-state index contributed by atoms with van der Waals surface area (Å²) in [6.07, 6.45) is 0. The summed E-state index contributed by atoms with van der Waals surface area (Å²) in [5.74, 6) is -0.580. The largest absolute Gasteiger partial charge is 0.481 e. The van der Waals surface area contributed by atoms with Gasteiger partial charge in [0.2, 0.25) is 0 Å². The first-order valence-electron chi connectivity index (χ1n) is 3.24. The second-order valence-electron chi connectivity index (χ2n) is 3.01. The average molecular weight is 209 g/mol. The second-order valence-corrected chi connectivity index (χ2v) is 3.57. The van der Waals surface area contributed by atoms with Gasteiger partial charge in [-0.05, 0) is 12.8 Å². The third-order valence-electron chi connectivity index (χ3n) is 2.04. The first-order chi connectivity index (χ1) is 4.45. The van der Waals surface area contributed by atoms with E-state index in [1.54, 1.807) is 6.92 Å². The molecule has 0 aliphatic carbocycles. The average Bonchev–Trinajstić information content (AvgIpc) is 1.85. The number of carbonyl (C=O) groups is 1. The Hall–Kier alpha value is -0.0500. The second kappa shape index (κ2) is 3.37. The maximum Gasteiger partial charge on any atom is 0.310 e. The van der Waals surface area contributed by atoms with Gasteiger partial charge in [0.1, 0.15) is 0 Å². The van der Waals surface area contributed by atoms with Gasteiger partial charge in [-0.3, -0.25) is 4.79 Å². The molecule has 10 heavy (non-hydrogen) atoms. The standard InChI is InChI=1S/C7H13BrO2/c1-5(2)7(3,4-8)6(9)10/h5H,4H2,1-3H3,(H,9,10). The number of carboxylic acid groups (broad SMARTS) is 1. The Labute approximate surface area is 69.8 Å². The number of hydrogen-bond acceptors (Lipinski definition) is 1. The monoisotopic (exact) mass is 208 g/mol. The highest BCUT2D eigenvalue weighted by Crippen LogP contribution is 2.29. The predicted molar refractivity (Wildman–Crippen MR) is 44.4 cm³/mol. The number of rotatable bonds is 3. The maximum absolute atomic E-state index is 10.7. The van der Waals surface area contributed by atoms with E-state index in [2.05, 4.69) is 15.9 Å². The maximum atomic E-state index is 10.7. The first kappa shape index (κ1) is 9.95. The van der Waals surface area contributed by atoms with Crippen LogP contribution in [0.15, 0.2) is 0 Å². The molecule has 1 N–H and O–H groups in total. The van der Waals surface area contributed by atoms with Crippen LogP contribution in [-0.2, 0) is 4.79 Å². The smallest absolute Gasteiger partial charge is 0.310 e. The Morgan fingerprint density at radius 2 is 2.10 bits per heavy atom. The Balaban J connectivity index is 4.38. The molecule has 0 aromatic carbocycles. The zero-order chi connectivity index (χ0) is 8.36. The van der Waals surface area contributed by atoms with Crippen molar-refractivity contribution in [1.29, 1.82) is 0 Å². The van der Waals surface area contributed by atoms with Gasteiger partial charge in [0, 0.05) is 5.33 Å². The molecule has 0 aliphatic heterocycles. The summed E-state index contributed by atoms with van der Waals surface area (Å²) >= 11 is 3.19. The van der Waals surface area contributed by atoms with Crippen LogP contribution in [0.5, 0.6) is 0 Å². The predicted octanol–water partition coefficient (Wildman–Crippen LogP) is 2.13. The molecule has 0 heterocycles. The van der Waals surface area contributed by atoms with Crippen LogP contribution >= 0.6 is 15.9 Å². The lowest BCUT2D eigenvalue weighted by Crippen LogP contribution is -2.34. The molecule has 3 heteroatoms. The minimum absolute atomic E-state index is 0.157. The fourth-order valence-corrected chi connectivity index (χ4v) is 1.35. The van der Waals surface area contributed by atoms with Crippen molar-refractivity contribution in [2.24, 2.45) is 11.3 Å². The van der Waals surface area contributed by atoms with Crippen LogP contribution in [0.25, 0.3) is 0 Å². The molecule has 0 bridgehead atoms. The highest BCUT2D eigenvalue weighted by molar-refractivity contribution is 9.09. The Kier molecular flexibility index (Phi) is 3.36. The van der Waals surface area contributed by atoms with Gasteiger partial charge < -0.3 is 5.11 Å². The number of hydrogen-bond donors (Lipinski definition) is 1. The molecule has 0 aromatic rings. The Bertz CT molecular complexity index is 134. The molecule has 1 unspecified atom stereocenters. The zero-order valence-electron chi connectivity index (χ0n) is 6.52. The fourth-order valence-electron chi connectivity index (χ4n) is 0.458. The highest BCUT2D eigenvalue weighted by atomic mass is 79.9. The van der Waals surface area contributed by atoms with E-state index in [4.69, 9.17) is 5.11 Å². The molecule has 0 radical (unpaired) electrons. The van der Waals surface area contributed by atoms with E-state index in [1.807, 2.05) is 13.8 Å². The number of aliphatic carboxylic acids is 1. The van der Waals surface area contributed by atoms with Crippen molar-refractivity contribution in [3.8, 4) is 0 Å². The summed E-state index contributed by atoms with van der Waals surface area (Å²) in [4.78, 5) is 10.7. The van der Waals surface area contributed by atoms with Gasteiger partial charge in [-0.25, -0.2) is 0 Å². The summed E-state index contributed by atoms with van der Waals surface area (Å²) in [5, 5.41) is 9.28. The van der Waals surface area contributed by atoms with Crippen LogP contribution in [0.1, 0.15) is 20.8 Å². The van der Waals surface area contributed by atoms with E-state index >= 15 is 0 Å². The SMILES string of the molecule is CC(C)C(C)(CBr)C(=O)O. The van der Waals surface area contributed by atoms with Crippen molar-refractivity contribution in [1.82, 2.24) is 0 Å². The fraction of sp³-hybridized carbons (Fsp3) is 0.857. The van der Waals surface area contributed by atoms with Crippen molar-refractivity contribution in [2.75, 3.05) is 5.33 Å². The third kappa shape index (κ3) is 1.72. The van der Waals surface area contributed by atoms with E-state index in [1.165, 1.54) is 0 Å². The van der Waals surface area contributed by atoms with Gasteiger partial charge in [0.25, 0.3) is 0 Å². The van der Waals surface area contributed by atoms with Crippen LogP contribution < -0.4 is 0 Å². The molecule has 60 valence electrons. The molecule has 0 saturated heterocycles. The van der Waals surface area contributed by atoms with Gasteiger partial charge in [0.15, 0.2) is 0 Å². The van der Waals surface area contributed by atoms with Crippen molar-refractivity contribution < 1.29 is 9.90 Å². The van der Waals surface area contributed by atoms with Gasteiger partial charge in [0.05, 0.1) is 5.41 Å². The third-order valence-corrected chi connectivity index (χ3v) is 3.21. The summed E-state index contributed by atoms with van der Waals surface area (Å²) in [7, 11) is 0. The van der Waals surface area contributed by atoms with E-state index in [-0.39, 0.29) is 5.92 Å². The van der Waals surface area contributed by atoms with Crippen LogP contribution in [0.2, 0.25) is 0 Å². The summed E-state index contributed by atoms with van der Waals surface area (Å²) in [5.41, 5.74) is -0.625. The van der Waals surface area contributed by atoms with Gasteiger partial charge in [-0.1, -0.05) is 29.8 Å². The molecule has 0 fully saturated rings. The summed E-state index contributed by atoms with van der Waals surface area (Å²) < 4.78 is 0. The van der Waals surface area contributed by atoms with Crippen LogP contribution in [0.3, 0.4) is 0 Å². The lowest BCUT2D eigenvalue weighted by Gasteiger charge is -2.26. The molecule has 0 aliphatic rings. The van der Waals surface area contributed by atoms with Crippen molar-refractivity contribution >= 4 is 21.9 Å². The molecular weight excluding hydrogens is 196 g/mol. The Morgan fingerprint density at radius 1 is 1.70 bits per heavy atom. The lowest BCUT2D eigenvalue weighted by atomic mass is 9.81. The van der Waals surface area contributed by atoms with Crippen LogP contribution in [0.4, 0.5) is 0 Å². The molecule has 0 amide bonds. The lowest BCUT2D eigenvalue weighted by molar-refractivity contribution is -0.148. The number of halogens is 1. The molecule has 0 saturated carbocycles. The van der Waals surface area contributed by atoms with E-state index in [0.29, 0.717) is 5.33 Å². The number of alkyl halides is 1. The van der Waals surface area contributed by atoms with Crippen LogP contribution in [0, 0.1) is 11.3 Å². The minimum atomic E-state index is -0.737. The van der Waals surface area contributed by atoms with Gasteiger partial charge in [-0.15, -0.1) is 0 Å². The molecular formula is C7H13BrO2. The van der Waals surface area contributed by atoms with Crippen molar-refractivity contribution in [3.05, 3.63) is 0 Å². The molecule has 0 rings (SSSR count). The molecule has 2 nitrogen and oxygen atoms in total. The molecule has 0 spiro atoms. The summed E-state index contributed by atoms with van der Waals surface area (Å²) in [6.45, 7) is 5.57. The van der Waals surface area contributed by atoms with Crippen molar-refractivity contribution in [2.45, 2.75) is 20.8 Å². The van der Waals surface area contributed by atoms with E-state index < -0.39 is 11.4 Å². The van der Waals surface area contributed by atoms with Crippen molar-refractivity contribution in [3.63, 3.8) is 0 Å². The molecule has 0 aromatic heterocycles. The van der Waals surface area contributed by atoms with Crippen LogP contribution in [-0.4, -0.2) is 16.4 Å². The Morgan fingerprint density at radius 3 is 2.10 bits per heavy atom. The first-order valence-corrected chi connectivity index (χ1v) is 4.36. The van der Waals surface area contributed by atoms with E-state index in [9.17, 15) is 4.79 Å². The van der Waals surface area contributed by atoms with Gasteiger partial charge in [-0.2, -0.15) is 0 Å². The van der Waals surface area contributed by atoms with E-state index in [0.717, 1.165) is 0 Å². The minimum Gasteiger partial charge on any atom is -0.481 e. The topological polar surface area (TPSA) is 37.3 Å². The molecule has 1 atom stereocenters. The normalized spacial score (nSPS) is 16.9. The van der Waals surface area contributed by atoms with Gasteiger partial charge >= 0.3 is 5.97 Å².